The zero-order valence-corrected chi connectivity index (χ0v) is 38.5. The van der Waals surface area contributed by atoms with Crippen LogP contribution in [0.2, 0.25) is 0 Å². The summed E-state index contributed by atoms with van der Waals surface area (Å²) in [6.45, 7) is 6.23. The Kier molecular flexibility index (Phi) is 43.9. The fourth-order valence-corrected chi connectivity index (χ4v) is 6.56. The number of carbonyl (C=O) groups excluding carboxylic acids is 2. The van der Waals surface area contributed by atoms with Gasteiger partial charge in [-0.05, 0) is 57.8 Å². The van der Waals surface area contributed by atoms with Gasteiger partial charge in [-0.25, -0.2) is 0 Å². The molecule has 0 aliphatic rings. The van der Waals surface area contributed by atoms with Gasteiger partial charge in [-0.15, -0.1) is 0 Å². The fraction of sp³-hybridized carbons (Fsp3) is 0.630. The van der Waals surface area contributed by atoms with Gasteiger partial charge in [0.1, 0.15) is 6.10 Å². The van der Waals surface area contributed by atoms with E-state index in [1.54, 1.807) is 0 Å². The SMILES string of the molecule is CC/C=C/C=C/C=C\C=C/C=C/CC(CC(=O)NC(CO)C(O)CCCCCCCCCCCCCCC)OC(=O)CCC/C=C\C/C=C\C/C=C\C/C=C\CCCCC. The van der Waals surface area contributed by atoms with Crippen molar-refractivity contribution in [1.29, 1.82) is 0 Å². The largest absolute Gasteiger partial charge is 0.461 e. The van der Waals surface area contributed by atoms with Gasteiger partial charge in [0, 0.05) is 12.8 Å². The molecule has 0 bridgehead atoms. The standard InChI is InChI=1S/C54H89NO5/c1-4-7-10-13-16-19-22-24-25-26-27-29-32-35-38-41-44-47-54(59)60-50(45-42-39-36-33-30-21-18-15-12-9-6-3)48-53(58)55-51(49-56)52(57)46-43-40-37-34-31-28-23-20-17-14-11-8-5-2/h9,12,15-16,18-19,21,24-25,27,29-30,33,35-36,38-39,42,50-52,56-57H,4-8,10-11,13-14,17,20,22-23,26,28,31-32,34,37,40-41,43-49H2,1-3H3,(H,55,58)/b12-9+,18-15+,19-16-,25-24-,29-27-,30-21-,36-33-,38-35-,42-39+. The minimum atomic E-state index is -0.832. The van der Waals surface area contributed by atoms with Crippen molar-refractivity contribution in [3.63, 3.8) is 0 Å². The summed E-state index contributed by atoms with van der Waals surface area (Å²) in [6, 6.07) is -0.756. The molecule has 0 aliphatic heterocycles. The van der Waals surface area contributed by atoms with Crippen LogP contribution in [0.5, 0.6) is 0 Å². The van der Waals surface area contributed by atoms with Gasteiger partial charge in [-0.2, -0.15) is 0 Å². The molecule has 0 heterocycles. The maximum atomic E-state index is 13.1. The Morgan fingerprint density at radius 3 is 1.50 bits per heavy atom. The zero-order chi connectivity index (χ0) is 43.8. The lowest BCUT2D eigenvalue weighted by atomic mass is 10.0. The topological polar surface area (TPSA) is 95.9 Å². The Morgan fingerprint density at radius 1 is 0.533 bits per heavy atom. The quantitative estimate of drug-likeness (QED) is 0.0247. The predicted octanol–water partition coefficient (Wildman–Crippen LogP) is 14.3. The van der Waals surface area contributed by atoms with E-state index >= 15 is 0 Å². The summed E-state index contributed by atoms with van der Waals surface area (Å²) in [5, 5.41) is 23.6. The highest BCUT2D eigenvalue weighted by Gasteiger charge is 2.23. The fourth-order valence-electron chi connectivity index (χ4n) is 6.56. The highest BCUT2D eigenvalue weighted by Crippen LogP contribution is 2.15. The molecule has 0 fully saturated rings. The first kappa shape index (κ1) is 56.5. The van der Waals surface area contributed by atoms with Crippen LogP contribution in [0.3, 0.4) is 0 Å². The molecule has 0 rings (SSSR count). The summed E-state index contributed by atoms with van der Waals surface area (Å²) in [4.78, 5) is 26.0. The van der Waals surface area contributed by atoms with Gasteiger partial charge in [-0.3, -0.25) is 9.59 Å². The lowest BCUT2D eigenvalue weighted by Crippen LogP contribution is -2.46. The molecule has 0 radical (unpaired) electrons. The number of ether oxygens (including phenoxy) is 1. The smallest absolute Gasteiger partial charge is 0.306 e. The second-order valence-electron chi connectivity index (χ2n) is 15.9. The summed E-state index contributed by atoms with van der Waals surface area (Å²) in [6.07, 6.45) is 63.2. The molecule has 0 saturated carbocycles. The first-order valence-corrected chi connectivity index (χ1v) is 24.2. The lowest BCUT2D eigenvalue weighted by molar-refractivity contribution is -0.150. The van der Waals surface area contributed by atoms with Gasteiger partial charge >= 0.3 is 5.97 Å². The monoisotopic (exact) mass is 832 g/mol. The molecule has 3 unspecified atom stereocenters. The van der Waals surface area contributed by atoms with E-state index < -0.39 is 18.2 Å². The van der Waals surface area contributed by atoms with Crippen LogP contribution in [0.15, 0.2) is 109 Å². The third-order valence-electron chi connectivity index (χ3n) is 10.2. The van der Waals surface area contributed by atoms with Crippen molar-refractivity contribution in [3.8, 4) is 0 Å². The van der Waals surface area contributed by atoms with E-state index in [9.17, 15) is 19.8 Å². The van der Waals surface area contributed by atoms with Crippen LogP contribution < -0.4 is 5.32 Å². The number of unbranched alkanes of at least 4 members (excludes halogenated alkanes) is 16. The maximum Gasteiger partial charge on any atom is 0.306 e. The van der Waals surface area contributed by atoms with Crippen molar-refractivity contribution in [2.75, 3.05) is 6.61 Å². The molecule has 6 nitrogen and oxygen atoms in total. The van der Waals surface area contributed by atoms with E-state index in [2.05, 4.69) is 80.8 Å². The molecule has 3 atom stereocenters. The normalized spacial score (nSPS) is 14.3. The number of nitrogens with one attached hydrogen (secondary N) is 1. The van der Waals surface area contributed by atoms with Gasteiger partial charge in [0.2, 0.25) is 5.91 Å². The van der Waals surface area contributed by atoms with Crippen molar-refractivity contribution in [1.82, 2.24) is 5.32 Å². The number of esters is 1. The number of allylic oxidation sites excluding steroid dienone is 17. The number of hydrogen-bond acceptors (Lipinski definition) is 5. The second kappa shape index (κ2) is 46.6. The third-order valence-corrected chi connectivity index (χ3v) is 10.2. The minimum Gasteiger partial charge on any atom is -0.461 e. The molecule has 60 heavy (non-hydrogen) atoms. The molecule has 0 aromatic carbocycles. The van der Waals surface area contributed by atoms with E-state index in [4.69, 9.17) is 4.74 Å². The summed E-state index contributed by atoms with van der Waals surface area (Å²) in [7, 11) is 0. The van der Waals surface area contributed by atoms with E-state index in [0.717, 1.165) is 51.4 Å². The molecule has 6 heteroatoms. The van der Waals surface area contributed by atoms with Crippen molar-refractivity contribution >= 4 is 11.9 Å². The maximum absolute atomic E-state index is 13.1. The van der Waals surface area contributed by atoms with E-state index in [-0.39, 0.29) is 31.3 Å². The summed E-state index contributed by atoms with van der Waals surface area (Å²) < 4.78 is 5.80. The van der Waals surface area contributed by atoms with Gasteiger partial charge in [0.15, 0.2) is 0 Å². The summed E-state index contributed by atoms with van der Waals surface area (Å²) >= 11 is 0. The van der Waals surface area contributed by atoms with Crippen LogP contribution in [0.25, 0.3) is 0 Å². The average Bonchev–Trinajstić information content (AvgIpc) is 3.24. The van der Waals surface area contributed by atoms with Crippen molar-refractivity contribution in [2.45, 2.75) is 212 Å². The zero-order valence-electron chi connectivity index (χ0n) is 38.5. The molecular weight excluding hydrogens is 743 g/mol. The van der Waals surface area contributed by atoms with E-state index in [0.29, 0.717) is 19.3 Å². The van der Waals surface area contributed by atoms with Gasteiger partial charge < -0.3 is 20.3 Å². The molecule has 0 aliphatic carbocycles. The van der Waals surface area contributed by atoms with Gasteiger partial charge in [-0.1, -0.05) is 226 Å². The van der Waals surface area contributed by atoms with Crippen LogP contribution >= 0.6 is 0 Å². The lowest BCUT2D eigenvalue weighted by Gasteiger charge is -2.24. The molecule has 0 aromatic heterocycles. The van der Waals surface area contributed by atoms with Crippen LogP contribution in [0, 0.1) is 0 Å². The number of rotatable bonds is 41. The molecule has 340 valence electrons. The number of aliphatic hydroxyl groups excluding tert-OH is 2. The first-order chi connectivity index (χ1) is 29.5. The number of hydrogen-bond donors (Lipinski definition) is 3. The van der Waals surface area contributed by atoms with Crippen LogP contribution in [0.1, 0.15) is 194 Å². The third kappa shape index (κ3) is 41.3. The highest BCUT2D eigenvalue weighted by molar-refractivity contribution is 5.77. The van der Waals surface area contributed by atoms with Crippen LogP contribution in [-0.2, 0) is 14.3 Å². The van der Waals surface area contributed by atoms with E-state index in [1.807, 2.05) is 54.7 Å². The predicted molar refractivity (Wildman–Crippen MR) is 259 cm³/mol. The van der Waals surface area contributed by atoms with Crippen LogP contribution in [-0.4, -0.2) is 46.9 Å². The average molecular weight is 832 g/mol. The Morgan fingerprint density at radius 2 is 0.983 bits per heavy atom. The van der Waals surface area contributed by atoms with Gasteiger partial charge in [0.25, 0.3) is 0 Å². The Bertz CT molecular complexity index is 1250. The summed E-state index contributed by atoms with van der Waals surface area (Å²) in [5.74, 6) is -0.686. The number of amides is 1. The highest BCUT2D eigenvalue weighted by atomic mass is 16.5. The Balaban J connectivity index is 4.78. The Labute approximate surface area is 368 Å². The summed E-state index contributed by atoms with van der Waals surface area (Å²) in [5.41, 5.74) is 0. The molecule has 0 saturated heterocycles. The molecule has 3 N–H and O–H groups in total. The second-order valence-corrected chi connectivity index (χ2v) is 15.9. The number of carbonyl (C=O) groups is 2. The molecule has 1 amide bonds. The molecule has 0 spiro atoms. The first-order valence-electron chi connectivity index (χ1n) is 24.2. The van der Waals surface area contributed by atoms with E-state index in [1.165, 1.54) is 89.9 Å². The van der Waals surface area contributed by atoms with Crippen molar-refractivity contribution in [2.24, 2.45) is 0 Å². The molecule has 0 aromatic rings. The number of aliphatic hydroxyl groups is 2. The van der Waals surface area contributed by atoms with Crippen LogP contribution in [0.4, 0.5) is 0 Å². The van der Waals surface area contributed by atoms with Gasteiger partial charge in [0.05, 0.1) is 25.2 Å². The van der Waals surface area contributed by atoms with Crippen molar-refractivity contribution in [3.05, 3.63) is 109 Å². The molecular formula is C54H89NO5. The minimum absolute atomic E-state index is 0.0467. The Hall–Kier alpha value is -3.48. The van der Waals surface area contributed by atoms with Crippen molar-refractivity contribution < 1.29 is 24.5 Å².